The van der Waals surface area contributed by atoms with Gasteiger partial charge in [0.25, 0.3) is 0 Å². The fraction of sp³-hybridized carbons (Fsp3) is 0.538. The van der Waals surface area contributed by atoms with E-state index in [4.69, 9.17) is 11.0 Å². The fourth-order valence-corrected chi connectivity index (χ4v) is 1.26. The first-order chi connectivity index (χ1) is 9.12. The van der Waals surface area contributed by atoms with Gasteiger partial charge in [0, 0.05) is 11.0 Å². The summed E-state index contributed by atoms with van der Waals surface area (Å²) in [5.41, 5.74) is 1.00. The highest BCUT2D eigenvalue weighted by atomic mass is 14.1. The molecule has 0 bridgehead atoms. The fourth-order valence-electron chi connectivity index (χ4n) is 1.26. The quantitative estimate of drug-likeness (QED) is 0.645. The van der Waals surface area contributed by atoms with Crippen molar-refractivity contribution in [2.45, 2.75) is 46.3 Å². The van der Waals surface area contributed by atoms with E-state index in [1.165, 1.54) is 26.0 Å². The van der Waals surface area contributed by atoms with Crippen molar-refractivity contribution in [3.8, 4) is 0 Å². The second-order valence-electron chi connectivity index (χ2n) is 3.28. The van der Waals surface area contributed by atoms with Gasteiger partial charge in [-0.15, -0.1) is 0 Å². The summed E-state index contributed by atoms with van der Waals surface area (Å²) in [6, 6.07) is 4.45. The molecule has 1 aromatic carbocycles. The Morgan fingerprint density at radius 1 is 1.23 bits per heavy atom. The first-order valence-electron chi connectivity index (χ1n) is 8.24. The Morgan fingerprint density at radius 3 is 2.54 bits per heavy atom. The van der Waals surface area contributed by atoms with Gasteiger partial charge in [0.2, 0.25) is 0 Å². The maximum Gasteiger partial charge on any atom is 0.0347 e. The predicted octanol–water partition coefficient (Wildman–Crippen LogP) is 4.24. The molecule has 0 saturated heterocycles. The van der Waals surface area contributed by atoms with Gasteiger partial charge in [-0.25, -0.2) is 0 Å². The molecule has 0 aromatic heterocycles. The third-order valence-electron chi connectivity index (χ3n) is 2.07. The topological polar surface area (TPSA) is 0 Å². The zero-order valence-electron chi connectivity index (χ0n) is 16.2. The van der Waals surface area contributed by atoms with Crippen LogP contribution >= 0.6 is 0 Å². The first-order valence-corrected chi connectivity index (χ1v) is 4.24. The smallest absolute Gasteiger partial charge is 0.0347 e. The lowest BCUT2D eigenvalue weighted by molar-refractivity contribution is 0.827. The maximum absolute atomic E-state index is 8.15. The average molecular weight is 184 g/mol. The van der Waals surface area contributed by atoms with Crippen molar-refractivity contribution in [2.75, 3.05) is 0 Å². The molecule has 1 rings (SSSR count). The van der Waals surface area contributed by atoms with E-state index in [2.05, 4.69) is 0 Å². The van der Waals surface area contributed by atoms with E-state index in [9.17, 15) is 0 Å². The van der Waals surface area contributed by atoms with E-state index in [-0.39, 0.29) is 11.1 Å². The van der Waals surface area contributed by atoms with E-state index in [1.807, 2.05) is 0 Å². The van der Waals surface area contributed by atoms with Crippen LogP contribution in [0.5, 0.6) is 0 Å². The molecule has 2 unspecified atom stereocenters. The van der Waals surface area contributed by atoms with Crippen LogP contribution in [0.25, 0.3) is 0 Å². The number of hydrogen-bond acceptors (Lipinski definition) is 0. The molecule has 1 aromatic rings. The van der Waals surface area contributed by atoms with Gasteiger partial charge in [-0.05, 0) is 35.4 Å². The summed E-state index contributed by atoms with van der Waals surface area (Å²) in [6.45, 7) is -0.866. The first kappa shape index (κ1) is 3.76. The van der Waals surface area contributed by atoms with Gasteiger partial charge >= 0.3 is 0 Å². The molecule has 0 spiro atoms. The molecular weight excluding hydrogens is 156 g/mol. The molecule has 0 saturated carbocycles. The van der Waals surface area contributed by atoms with Gasteiger partial charge in [-0.3, -0.25) is 0 Å². The van der Waals surface area contributed by atoms with Gasteiger partial charge in [-0.2, -0.15) is 0 Å². The molecule has 0 aliphatic carbocycles. The van der Waals surface area contributed by atoms with Gasteiger partial charge in [0.05, 0.1) is 0 Å². The van der Waals surface area contributed by atoms with Gasteiger partial charge in [0.15, 0.2) is 0 Å². The largest absolute Gasteiger partial charge is 0.0588 e. The molecule has 13 heavy (non-hydrogen) atoms. The molecule has 2 atom stereocenters. The van der Waals surface area contributed by atoms with Crippen molar-refractivity contribution in [1.29, 1.82) is 0 Å². The van der Waals surface area contributed by atoms with Crippen LogP contribution in [-0.4, -0.2) is 0 Å². The lowest BCUT2D eigenvalue weighted by Gasteiger charge is -2.13. The third-order valence-corrected chi connectivity index (χ3v) is 2.07. The lowest BCUT2D eigenvalue weighted by atomic mass is 9.92. The Morgan fingerprint density at radius 2 is 1.92 bits per heavy atom. The van der Waals surface area contributed by atoms with E-state index >= 15 is 0 Å². The van der Waals surface area contributed by atoms with Crippen LogP contribution in [-0.2, 0) is 0 Å². The molecule has 0 aliphatic heterocycles. The molecule has 0 nitrogen and oxygen atoms in total. The Balaban J connectivity index is 3.50. The molecule has 0 radical (unpaired) electrons. The minimum absolute atomic E-state index is 0.186. The SMILES string of the molecule is [2H]C([2H])([2H])C([2H])(C)c1ccc(C)c(C([2H])(C)C([2H])([2H])[2H])c1. The summed E-state index contributed by atoms with van der Waals surface area (Å²) in [5, 5.41) is 0. The highest BCUT2D eigenvalue weighted by Gasteiger charge is 2.06. The molecule has 0 amide bonds. The second-order valence-corrected chi connectivity index (χ2v) is 3.28. The zero-order chi connectivity index (χ0) is 16.9. The number of hydrogen-bond donors (Lipinski definition) is 0. The normalized spacial score (nSPS) is 31.3. The second kappa shape index (κ2) is 3.95. The Hall–Kier alpha value is -0.780. The lowest BCUT2D eigenvalue weighted by Crippen LogP contribution is -1.95. The molecule has 0 N–H and O–H groups in total. The third kappa shape index (κ3) is 2.33. The Bertz CT molecular complexity index is 522. The van der Waals surface area contributed by atoms with Crippen LogP contribution in [0, 0.1) is 6.92 Å². The van der Waals surface area contributed by atoms with E-state index in [1.54, 1.807) is 13.0 Å². The molecule has 0 aliphatic rings. The van der Waals surface area contributed by atoms with Gasteiger partial charge in [-0.1, -0.05) is 45.8 Å². The summed E-state index contributed by atoms with van der Waals surface area (Å²) < 4.78 is 61.1. The van der Waals surface area contributed by atoms with Crippen LogP contribution in [0.3, 0.4) is 0 Å². The van der Waals surface area contributed by atoms with Crippen LogP contribution in [0.4, 0.5) is 0 Å². The maximum atomic E-state index is 8.15. The molecule has 0 heterocycles. The number of benzene rings is 1. The minimum Gasteiger partial charge on any atom is -0.0588 e. The summed E-state index contributed by atoms with van der Waals surface area (Å²) in [7, 11) is 0. The number of rotatable bonds is 2. The Labute approximate surface area is 93.2 Å². The highest BCUT2D eigenvalue weighted by molar-refractivity contribution is 5.34. The van der Waals surface area contributed by atoms with Crippen LogP contribution < -0.4 is 0 Å². The van der Waals surface area contributed by atoms with E-state index in [0.717, 1.165) is 0 Å². The monoisotopic (exact) mass is 184 g/mol. The van der Waals surface area contributed by atoms with Crippen LogP contribution in [0.1, 0.15) is 67.0 Å². The molecule has 72 valence electrons. The molecule has 0 heteroatoms. The van der Waals surface area contributed by atoms with Crippen molar-refractivity contribution < 1.29 is 11.0 Å². The highest BCUT2D eigenvalue weighted by Crippen LogP contribution is 2.23. The Kier molecular flexibility index (Phi) is 1.14. The zero-order valence-corrected chi connectivity index (χ0v) is 8.23. The van der Waals surface area contributed by atoms with Crippen molar-refractivity contribution in [2.24, 2.45) is 0 Å². The average Bonchev–Trinajstić information content (AvgIpc) is 2.25. The molecular formula is C13H20. The summed E-state index contributed by atoms with van der Waals surface area (Å²) in [5.74, 6) is -3.72. The van der Waals surface area contributed by atoms with Gasteiger partial charge < -0.3 is 0 Å². The number of aryl methyl sites for hydroxylation is 1. The van der Waals surface area contributed by atoms with Crippen molar-refractivity contribution in [1.82, 2.24) is 0 Å². The predicted molar refractivity (Wildman–Crippen MR) is 59.4 cm³/mol. The van der Waals surface area contributed by atoms with Crippen molar-refractivity contribution in [3.05, 3.63) is 34.9 Å². The van der Waals surface area contributed by atoms with E-state index < -0.39 is 25.5 Å². The summed E-state index contributed by atoms with van der Waals surface area (Å²) in [4.78, 5) is 0. The summed E-state index contributed by atoms with van der Waals surface area (Å²) >= 11 is 0. The van der Waals surface area contributed by atoms with Crippen molar-refractivity contribution in [3.63, 3.8) is 0 Å². The van der Waals surface area contributed by atoms with Crippen LogP contribution in [0.2, 0.25) is 0 Å². The summed E-state index contributed by atoms with van der Waals surface area (Å²) in [6.07, 6.45) is 0. The van der Waals surface area contributed by atoms with Crippen molar-refractivity contribution >= 4 is 0 Å². The van der Waals surface area contributed by atoms with Crippen LogP contribution in [0.15, 0.2) is 18.2 Å². The minimum atomic E-state index is -2.55. The molecule has 0 fully saturated rings. The standard InChI is InChI=1S/C13H20/c1-9(2)12-7-6-11(5)13(8-12)10(3)4/h6-10H,1-5H3/i1D3,3D3,9D,10D. The van der Waals surface area contributed by atoms with Gasteiger partial charge in [0.1, 0.15) is 0 Å². The van der Waals surface area contributed by atoms with E-state index in [0.29, 0.717) is 5.56 Å².